The Balaban J connectivity index is 2.87. The van der Waals surface area contributed by atoms with E-state index in [1.54, 1.807) is 0 Å². The molecule has 0 aliphatic carbocycles. The molecule has 0 aromatic heterocycles. The molecule has 0 saturated carbocycles. The number of carboxylic acid groups (broad SMARTS) is 1. The number of hydrogen-bond donors (Lipinski definition) is 2. The molecule has 2 N–H and O–H groups in total. The Morgan fingerprint density at radius 3 is 2.65 bits per heavy atom. The summed E-state index contributed by atoms with van der Waals surface area (Å²) in [4.78, 5) is 32.2. The molecule has 1 rings (SSSR count). The highest BCUT2D eigenvalue weighted by molar-refractivity contribution is 5.98. The standard InChI is InChI=1S/C12H13FN2O5/c1-7-5-8(13)6-9(11(7)15(19)20)12(18)14-4-2-3-10(16)17/h5-6H,2-4H2,1H3,(H,14,18)(H,16,17). The van der Waals surface area contributed by atoms with Gasteiger partial charge in [0.15, 0.2) is 0 Å². The quantitative estimate of drug-likeness (QED) is 0.468. The number of aliphatic carboxylic acids is 1. The lowest BCUT2D eigenvalue weighted by Gasteiger charge is -2.07. The summed E-state index contributed by atoms with van der Waals surface area (Å²) < 4.78 is 13.2. The SMILES string of the molecule is Cc1cc(F)cc(C(=O)NCCCC(=O)O)c1[N+](=O)[O-]. The van der Waals surface area contributed by atoms with Crippen LogP contribution in [0, 0.1) is 22.9 Å². The molecule has 0 atom stereocenters. The number of nitrogens with zero attached hydrogens (tertiary/aromatic N) is 1. The van der Waals surface area contributed by atoms with Crippen LogP contribution in [0.5, 0.6) is 0 Å². The van der Waals surface area contributed by atoms with Gasteiger partial charge in [-0.15, -0.1) is 0 Å². The van der Waals surface area contributed by atoms with Crippen LogP contribution in [0.3, 0.4) is 0 Å². The van der Waals surface area contributed by atoms with Gasteiger partial charge in [0.2, 0.25) is 0 Å². The Labute approximate surface area is 113 Å². The summed E-state index contributed by atoms with van der Waals surface area (Å²) in [7, 11) is 0. The lowest BCUT2D eigenvalue weighted by atomic mass is 10.1. The molecule has 20 heavy (non-hydrogen) atoms. The third-order valence-corrected chi connectivity index (χ3v) is 2.55. The Bertz CT molecular complexity index is 559. The molecule has 1 amide bonds. The summed E-state index contributed by atoms with van der Waals surface area (Å²) in [6.45, 7) is 1.38. The molecule has 108 valence electrons. The van der Waals surface area contributed by atoms with Crippen LogP contribution in [-0.4, -0.2) is 28.5 Å². The molecule has 0 fully saturated rings. The maximum atomic E-state index is 13.2. The van der Waals surface area contributed by atoms with E-state index in [0.717, 1.165) is 12.1 Å². The first-order valence-electron chi connectivity index (χ1n) is 5.77. The molecule has 0 aliphatic rings. The Morgan fingerprint density at radius 1 is 1.45 bits per heavy atom. The highest BCUT2D eigenvalue weighted by Crippen LogP contribution is 2.24. The van der Waals surface area contributed by atoms with Crippen molar-refractivity contribution in [2.45, 2.75) is 19.8 Å². The lowest BCUT2D eigenvalue weighted by Crippen LogP contribution is -2.26. The second-order valence-electron chi connectivity index (χ2n) is 4.13. The fourth-order valence-corrected chi connectivity index (χ4v) is 1.69. The third kappa shape index (κ3) is 4.01. The van der Waals surface area contributed by atoms with Crippen LogP contribution in [0.4, 0.5) is 10.1 Å². The predicted octanol–water partition coefficient (Wildman–Crippen LogP) is 1.64. The van der Waals surface area contributed by atoms with Crippen LogP contribution in [0.2, 0.25) is 0 Å². The van der Waals surface area contributed by atoms with Gasteiger partial charge in [-0.3, -0.25) is 19.7 Å². The van der Waals surface area contributed by atoms with Crippen molar-refractivity contribution in [1.82, 2.24) is 5.32 Å². The minimum absolute atomic E-state index is 0.0395. The van der Waals surface area contributed by atoms with E-state index in [-0.39, 0.29) is 30.5 Å². The van der Waals surface area contributed by atoms with Crippen molar-refractivity contribution in [2.24, 2.45) is 0 Å². The minimum atomic E-state index is -1.01. The van der Waals surface area contributed by atoms with E-state index in [4.69, 9.17) is 5.11 Å². The topological polar surface area (TPSA) is 110 Å². The number of rotatable bonds is 6. The molecule has 0 spiro atoms. The van der Waals surface area contributed by atoms with E-state index in [9.17, 15) is 24.1 Å². The van der Waals surface area contributed by atoms with Gasteiger partial charge in [0.1, 0.15) is 11.4 Å². The third-order valence-electron chi connectivity index (χ3n) is 2.55. The van der Waals surface area contributed by atoms with Crippen LogP contribution in [0.15, 0.2) is 12.1 Å². The van der Waals surface area contributed by atoms with Gasteiger partial charge < -0.3 is 10.4 Å². The first-order chi connectivity index (χ1) is 9.32. The number of hydrogen-bond acceptors (Lipinski definition) is 4. The number of carbonyl (C=O) groups is 2. The van der Waals surface area contributed by atoms with Gasteiger partial charge in [0, 0.05) is 18.5 Å². The minimum Gasteiger partial charge on any atom is -0.481 e. The van der Waals surface area contributed by atoms with Crippen LogP contribution in [-0.2, 0) is 4.79 Å². The number of nitro groups is 1. The van der Waals surface area contributed by atoms with Crippen LogP contribution in [0.1, 0.15) is 28.8 Å². The zero-order chi connectivity index (χ0) is 15.3. The van der Waals surface area contributed by atoms with Crippen molar-refractivity contribution < 1.29 is 24.0 Å². The fraction of sp³-hybridized carbons (Fsp3) is 0.333. The molecule has 7 nitrogen and oxygen atoms in total. The highest BCUT2D eigenvalue weighted by Gasteiger charge is 2.23. The second-order valence-corrected chi connectivity index (χ2v) is 4.13. The maximum Gasteiger partial charge on any atom is 0.303 e. The molecule has 0 heterocycles. The number of nitrogens with one attached hydrogen (secondary N) is 1. The van der Waals surface area contributed by atoms with Crippen molar-refractivity contribution in [3.05, 3.63) is 39.2 Å². The van der Waals surface area contributed by atoms with Crippen molar-refractivity contribution in [2.75, 3.05) is 6.54 Å². The zero-order valence-corrected chi connectivity index (χ0v) is 10.7. The summed E-state index contributed by atoms with van der Waals surface area (Å²) in [6, 6.07) is 1.76. The van der Waals surface area contributed by atoms with E-state index in [2.05, 4.69) is 5.32 Å². The molecular formula is C12H13FN2O5. The zero-order valence-electron chi connectivity index (χ0n) is 10.7. The molecule has 8 heteroatoms. The van der Waals surface area contributed by atoms with E-state index in [1.165, 1.54) is 6.92 Å². The Morgan fingerprint density at radius 2 is 2.10 bits per heavy atom. The first kappa shape index (κ1) is 15.5. The number of carbonyl (C=O) groups excluding carboxylic acids is 1. The van der Waals surface area contributed by atoms with Crippen molar-refractivity contribution in [3.63, 3.8) is 0 Å². The second kappa shape index (κ2) is 6.60. The lowest BCUT2D eigenvalue weighted by molar-refractivity contribution is -0.385. The van der Waals surface area contributed by atoms with Crippen LogP contribution in [0.25, 0.3) is 0 Å². The smallest absolute Gasteiger partial charge is 0.303 e. The van der Waals surface area contributed by atoms with E-state index in [0.29, 0.717) is 0 Å². The number of nitro benzene ring substituents is 1. The van der Waals surface area contributed by atoms with E-state index in [1.807, 2.05) is 0 Å². The maximum absolute atomic E-state index is 13.2. The molecule has 1 aromatic carbocycles. The molecule has 1 aromatic rings. The summed E-state index contributed by atoms with van der Waals surface area (Å²) in [5.74, 6) is -2.56. The number of halogens is 1. The van der Waals surface area contributed by atoms with E-state index < -0.39 is 28.3 Å². The van der Waals surface area contributed by atoms with Gasteiger partial charge in [-0.25, -0.2) is 4.39 Å². The van der Waals surface area contributed by atoms with Gasteiger partial charge in [-0.05, 0) is 25.5 Å². The summed E-state index contributed by atoms with van der Waals surface area (Å²) in [6.07, 6.45) is 0.0493. The van der Waals surface area contributed by atoms with Gasteiger partial charge in [-0.2, -0.15) is 0 Å². The summed E-state index contributed by atoms with van der Waals surface area (Å²) in [5.41, 5.74) is -0.782. The first-order valence-corrected chi connectivity index (χ1v) is 5.77. The molecule has 0 unspecified atom stereocenters. The number of carboxylic acids is 1. The van der Waals surface area contributed by atoms with Crippen molar-refractivity contribution >= 4 is 17.6 Å². The molecule has 0 bridgehead atoms. The van der Waals surface area contributed by atoms with E-state index >= 15 is 0 Å². The molecule has 0 radical (unpaired) electrons. The highest BCUT2D eigenvalue weighted by atomic mass is 19.1. The van der Waals surface area contributed by atoms with Gasteiger partial charge in [0.25, 0.3) is 11.6 Å². The van der Waals surface area contributed by atoms with Gasteiger partial charge >= 0.3 is 5.97 Å². The van der Waals surface area contributed by atoms with Crippen LogP contribution >= 0.6 is 0 Å². The predicted molar refractivity (Wildman–Crippen MR) is 67.0 cm³/mol. The monoisotopic (exact) mass is 284 g/mol. The average Bonchev–Trinajstić information content (AvgIpc) is 2.32. The van der Waals surface area contributed by atoms with Crippen molar-refractivity contribution in [1.29, 1.82) is 0 Å². The summed E-state index contributed by atoms with van der Waals surface area (Å²) >= 11 is 0. The number of benzene rings is 1. The van der Waals surface area contributed by atoms with Gasteiger partial charge in [-0.1, -0.05) is 0 Å². The number of amides is 1. The molecule has 0 saturated heterocycles. The van der Waals surface area contributed by atoms with Crippen molar-refractivity contribution in [3.8, 4) is 0 Å². The molecule has 0 aliphatic heterocycles. The Hall–Kier alpha value is -2.51. The summed E-state index contributed by atoms with van der Waals surface area (Å²) in [5, 5.41) is 21.7. The average molecular weight is 284 g/mol. The molecular weight excluding hydrogens is 271 g/mol. The van der Waals surface area contributed by atoms with Gasteiger partial charge in [0.05, 0.1) is 4.92 Å². The fourth-order valence-electron chi connectivity index (χ4n) is 1.69. The van der Waals surface area contributed by atoms with Crippen LogP contribution < -0.4 is 5.32 Å². The largest absolute Gasteiger partial charge is 0.481 e. The Kier molecular flexibility index (Phi) is 5.13. The normalized spacial score (nSPS) is 10.1. The number of aryl methyl sites for hydroxylation is 1.